The zero-order valence-corrected chi connectivity index (χ0v) is 20.3. The smallest absolute Gasteiger partial charge is 0.280 e. The van der Waals surface area contributed by atoms with Crippen molar-refractivity contribution in [2.75, 3.05) is 24.6 Å². The van der Waals surface area contributed by atoms with Crippen LogP contribution in [0.4, 0.5) is 11.6 Å². The predicted octanol–water partition coefficient (Wildman–Crippen LogP) is 2.92. The highest BCUT2D eigenvalue weighted by Crippen LogP contribution is 2.21. The highest BCUT2D eigenvalue weighted by molar-refractivity contribution is 6.31. The predicted molar refractivity (Wildman–Crippen MR) is 142 cm³/mol. The normalized spacial score (nSPS) is 11.4. The van der Waals surface area contributed by atoms with Gasteiger partial charge in [-0.25, -0.2) is 9.97 Å². The van der Waals surface area contributed by atoms with Gasteiger partial charge in [-0.05, 0) is 60.9 Å². The van der Waals surface area contributed by atoms with Crippen LogP contribution in [-0.4, -0.2) is 34.9 Å². The fourth-order valence-corrected chi connectivity index (χ4v) is 3.62. The van der Waals surface area contributed by atoms with Gasteiger partial charge in [-0.15, -0.1) is 0 Å². The Bertz CT molecular complexity index is 1160. The molecule has 0 aliphatic rings. The average Bonchev–Trinajstić information content (AvgIpc) is 2.85. The number of aromatic nitrogens is 2. The van der Waals surface area contributed by atoms with Gasteiger partial charge in [0.05, 0.1) is 0 Å². The molecule has 2 aromatic carbocycles. The zero-order chi connectivity index (χ0) is 25.2. The topological polar surface area (TPSA) is 171 Å². The van der Waals surface area contributed by atoms with Gasteiger partial charge in [0, 0.05) is 6.54 Å². The van der Waals surface area contributed by atoms with E-state index in [0.29, 0.717) is 13.1 Å². The number of rotatable bonds is 10. The van der Waals surface area contributed by atoms with Gasteiger partial charge in [0.2, 0.25) is 0 Å². The lowest BCUT2D eigenvalue weighted by atomic mass is 10.00. The van der Waals surface area contributed by atoms with Gasteiger partial charge in [-0.2, -0.15) is 0 Å². The van der Waals surface area contributed by atoms with Crippen LogP contribution in [0.2, 0.25) is 5.15 Å². The first-order valence-corrected chi connectivity index (χ1v) is 11.8. The summed E-state index contributed by atoms with van der Waals surface area (Å²) in [5, 5.41) is 2.32. The minimum absolute atomic E-state index is 0.0254. The van der Waals surface area contributed by atoms with Gasteiger partial charge >= 0.3 is 0 Å². The maximum absolute atomic E-state index is 12.2. The van der Waals surface area contributed by atoms with Crippen LogP contribution in [0.5, 0.6) is 0 Å². The van der Waals surface area contributed by atoms with E-state index in [-0.39, 0.29) is 28.4 Å². The Kier molecular flexibility index (Phi) is 9.39. The molecule has 10 heteroatoms. The standard InChI is InChI=1S/C25H31ClN8O/c26-21-23(29)33-22(28)20(32-21)24(35)34-25(30)31-15-2-1-4-16-6-10-18(11-7-16)19-12-8-17(9-13-19)5-3-14-27/h6-13H,1-5,14-15,27H2,(H4,28,29,33)(H3,30,31,34,35). The highest BCUT2D eigenvalue weighted by atomic mass is 35.5. The van der Waals surface area contributed by atoms with E-state index >= 15 is 0 Å². The Hall–Kier alpha value is -3.69. The Morgan fingerprint density at radius 1 is 0.857 bits per heavy atom. The molecule has 3 rings (SSSR count). The van der Waals surface area contributed by atoms with Gasteiger partial charge < -0.3 is 22.9 Å². The quantitative estimate of drug-likeness (QED) is 0.164. The first kappa shape index (κ1) is 25.9. The maximum Gasteiger partial charge on any atom is 0.280 e. The van der Waals surface area contributed by atoms with Gasteiger partial charge in [0.25, 0.3) is 5.91 Å². The molecule has 1 heterocycles. The number of anilines is 2. The number of nitrogens with one attached hydrogen (secondary N) is 1. The number of carbonyl (C=O) groups excluding carboxylic acids is 1. The van der Waals surface area contributed by atoms with Crippen LogP contribution in [0.15, 0.2) is 53.5 Å². The summed E-state index contributed by atoms with van der Waals surface area (Å²) < 4.78 is 0. The van der Waals surface area contributed by atoms with Gasteiger partial charge in [0.15, 0.2) is 28.4 Å². The van der Waals surface area contributed by atoms with Crippen molar-refractivity contribution in [3.63, 3.8) is 0 Å². The van der Waals surface area contributed by atoms with Crippen LogP contribution in [0.3, 0.4) is 0 Å². The Morgan fingerprint density at radius 3 is 2.00 bits per heavy atom. The first-order valence-electron chi connectivity index (χ1n) is 11.5. The number of benzene rings is 2. The summed E-state index contributed by atoms with van der Waals surface area (Å²) in [7, 11) is 0. The summed E-state index contributed by atoms with van der Waals surface area (Å²) >= 11 is 5.80. The molecule has 0 fully saturated rings. The third kappa shape index (κ3) is 7.66. The minimum atomic E-state index is -0.650. The van der Waals surface area contributed by atoms with Crippen molar-refractivity contribution in [3.8, 4) is 11.1 Å². The number of halogens is 1. The number of carbonyl (C=O) groups is 1. The lowest BCUT2D eigenvalue weighted by Crippen LogP contribution is -2.38. The molecule has 0 saturated heterocycles. The zero-order valence-electron chi connectivity index (χ0n) is 19.5. The summed E-state index contributed by atoms with van der Waals surface area (Å²) in [5.41, 5.74) is 27.4. The molecule has 3 aromatic rings. The van der Waals surface area contributed by atoms with Crippen molar-refractivity contribution >= 4 is 35.1 Å². The van der Waals surface area contributed by atoms with E-state index < -0.39 is 5.91 Å². The number of hydrogen-bond donors (Lipinski definition) is 5. The molecule has 0 aliphatic carbocycles. The van der Waals surface area contributed by atoms with E-state index in [4.69, 9.17) is 34.5 Å². The molecule has 9 N–H and O–H groups in total. The number of nitrogen functional groups attached to an aromatic ring is 2. The molecular formula is C25H31ClN8O. The number of nitrogens with zero attached hydrogens (tertiary/aromatic N) is 3. The first-order chi connectivity index (χ1) is 16.9. The van der Waals surface area contributed by atoms with Crippen molar-refractivity contribution in [1.29, 1.82) is 0 Å². The van der Waals surface area contributed by atoms with E-state index in [2.05, 4.69) is 68.8 Å². The molecule has 0 aliphatic heterocycles. The number of aryl methyl sites for hydroxylation is 2. The Morgan fingerprint density at radius 2 is 1.43 bits per heavy atom. The van der Waals surface area contributed by atoms with Gasteiger partial charge in [-0.1, -0.05) is 60.1 Å². The lowest BCUT2D eigenvalue weighted by molar-refractivity contribution is 0.0972. The van der Waals surface area contributed by atoms with Crippen LogP contribution in [-0.2, 0) is 12.8 Å². The monoisotopic (exact) mass is 494 g/mol. The second-order valence-corrected chi connectivity index (χ2v) is 8.46. The molecule has 9 nitrogen and oxygen atoms in total. The molecule has 184 valence electrons. The van der Waals surface area contributed by atoms with Crippen molar-refractivity contribution in [2.24, 2.45) is 16.5 Å². The summed E-state index contributed by atoms with van der Waals surface area (Å²) in [6.45, 7) is 1.19. The third-order valence-corrected chi connectivity index (χ3v) is 5.71. The van der Waals surface area contributed by atoms with Gasteiger partial charge in [0.1, 0.15) is 0 Å². The lowest BCUT2D eigenvalue weighted by Gasteiger charge is -2.07. The molecule has 0 saturated carbocycles. The molecule has 0 unspecified atom stereocenters. The summed E-state index contributed by atoms with van der Waals surface area (Å²) in [6, 6.07) is 17.2. The number of aliphatic imine (C=N–C) groups is 1. The summed E-state index contributed by atoms with van der Waals surface area (Å²) in [6.07, 6.45) is 4.70. The molecule has 0 atom stereocenters. The largest absolute Gasteiger partial charge is 0.382 e. The highest BCUT2D eigenvalue weighted by Gasteiger charge is 2.16. The third-order valence-electron chi connectivity index (χ3n) is 5.43. The van der Waals surface area contributed by atoms with Crippen molar-refractivity contribution in [3.05, 3.63) is 70.5 Å². The minimum Gasteiger partial charge on any atom is -0.382 e. The molecule has 0 bridgehead atoms. The number of amides is 1. The molecule has 0 spiro atoms. The second-order valence-electron chi connectivity index (χ2n) is 8.10. The van der Waals surface area contributed by atoms with Crippen molar-refractivity contribution < 1.29 is 4.79 Å². The molecule has 0 radical (unpaired) electrons. The van der Waals surface area contributed by atoms with Crippen LogP contribution < -0.4 is 28.3 Å². The van der Waals surface area contributed by atoms with E-state index in [1.165, 1.54) is 22.3 Å². The number of unbranched alkanes of at least 4 members (excludes halogenated alkanes) is 1. The summed E-state index contributed by atoms with van der Waals surface area (Å²) in [4.78, 5) is 24.0. The fourth-order valence-electron chi connectivity index (χ4n) is 3.50. The Labute approximate surface area is 210 Å². The fraction of sp³-hybridized carbons (Fsp3) is 0.280. The molecule has 1 aromatic heterocycles. The SMILES string of the molecule is NCCCc1ccc(-c2ccc(CCCCN=C(N)NC(=O)c3nc(Cl)c(N)nc3N)cc2)cc1. The number of nitrogens with two attached hydrogens (primary N) is 4. The van der Waals surface area contributed by atoms with Crippen molar-refractivity contribution in [2.45, 2.75) is 32.1 Å². The number of hydrogen-bond acceptors (Lipinski definition) is 7. The average molecular weight is 495 g/mol. The van der Waals surface area contributed by atoms with Gasteiger partial charge in [-0.3, -0.25) is 15.1 Å². The van der Waals surface area contributed by atoms with Crippen LogP contribution >= 0.6 is 11.6 Å². The Balaban J connectivity index is 1.42. The second kappa shape index (κ2) is 12.7. The summed E-state index contributed by atoms with van der Waals surface area (Å²) in [5.74, 6) is -0.863. The van der Waals surface area contributed by atoms with E-state index in [1.807, 2.05) is 0 Å². The van der Waals surface area contributed by atoms with E-state index in [0.717, 1.165) is 32.1 Å². The van der Waals surface area contributed by atoms with Crippen LogP contribution in [0, 0.1) is 0 Å². The molecular weight excluding hydrogens is 464 g/mol. The van der Waals surface area contributed by atoms with Crippen LogP contribution in [0.25, 0.3) is 11.1 Å². The molecule has 1 amide bonds. The maximum atomic E-state index is 12.2. The van der Waals surface area contributed by atoms with E-state index in [9.17, 15) is 4.79 Å². The van der Waals surface area contributed by atoms with Crippen LogP contribution in [0.1, 0.15) is 40.9 Å². The van der Waals surface area contributed by atoms with Crippen molar-refractivity contribution in [1.82, 2.24) is 15.3 Å². The van der Waals surface area contributed by atoms with E-state index in [1.54, 1.807) is 0 Å². The molecule has 35 heavy (non-hydrogen) atoms. The number of guanidine groups is 1.